The summed E-state index contributed by atoms with van der Waals surface area (Å²) in [6.07, 6.45) is 2.34. The summed E-state index contributed by atoms with van der Waals surface area (Å²) in [5.74, 6) is -4.52. The van der Waals surface area contributed by atoms with Gasteiger partial charge in [0.1, 0.15) is 5.76 Å². The minimum atomic E-state index is -3.90. The van der Waals surface area contributed by atoms with Crippen LogP contribution in [0.2, 0.25) is 0 Å². The van der Waals surface area contributed by atoms with Crippen LogP contribution in [-0.4, -0.2) is 37.6 Å². The van der Waals surface area contributed by atoms with Gasteiger partial charge >= 0.3 is 5.97 Å². The van der Waals surface area contributed by atoms with Gasteiger partial charge in [-0.3, -0.25) is 0 Å². The number of furan rings is 1. The molecule has 0 spiro atoms. The summed E-state index contributed by atoms with van der Waals surface area (Å²) in [4.78, 5) is 11.2. The highest BCUT2D eigenvalue weighted by Crippen LogP contribution is 2.37. The number of aliphatic carboxylic acids is 1. The SMILES string of the molecule is CC(F)(F)C1OC2CC=C(S(=O)(=O)NCc3ccco3)C=C2C=C1C(=O)O. The lowest BCUT2D eigenvalue weighted by Crippen LogP contribution is -2.43. The maximum absolute atomic E-state index is 13.7. The van der Waals surface area contributed by atoms with E-state index < -0.39 is 39.7 Å². The van der Waals surface area contributed by atoms with Gasteiger partial charge in [-0.2, -0.15) is 0 Å². The van der Waals surface area contributed by atoms with Crippen molar-refractivity contribution in [2.45, 2.75) is 38.0 Å². The first kappa shape index (κ1) is 19.5. The van der Waals surface area contributed by atoms with Gasteiger partial charge < -0.3 is 14.3 Å². The molecule has 1 aromatic rings. The van der Waals surface area contributed by atoms with Crippen molar-refractivity contribution >= 4 is 16.0 Å². The topological polar surface area (TPSA) is 106 Å². The van der Waals surface area contributed by atoms with Crippen molar-refractivity contribution < 1.29 is 36.3 Å². The zero-order valence-corrected chi connectivity index (χ0v) is 15.0. The van der Waals surface area contributed by atoms with Crippen molar-refractivity contribution in [3.05, 3.63) is 58.4 Å². The van der Waals surface area contributed by atoms with Crippen LogP contribution in [0.25, 0.3) is 0 Å². The first-order valence-corrected chi connectivity index (χ1v) is 9.48. The summed E-state index contributed by atoms with van der Waals surface area (Å²) >= 11 is 0. The van der Waals surface area contributed by atoms with E-state index in [9.17, 15) is 27.1 Å². The van der Waals surface area contributed by atoms with Gasteiger partial charge in [-0.25, -0.2) is 26.7 Å². The minimum Gasteiger partial charge on any atom is -0.478 e. The number of carboxylic acids is 1. The molecule has 2 heterocycles. The summed E-state index contributed by atoms with van der Waals surface area (Å²) < 4.78 is 64.9. The molecular formula is C17H17F2NO6S. The van der Waals surface area contributed by atoms with Crippen LogP contribution in [0.3, 0.4) is 0 Å². The number of halogens is 2. The maximum Gasteiger partial charge on any atom is 0.334 e. The van der Waals surface area contributed by atoms with E-state index in [1.165, 1.54) is 18.4 Å². The van der Waals surface area contributed by atoms with Gasteiger partial charge in [0.2, 0.25) is 10.0 Å². The number of carbonyl (C=O) groups is 1. The maximum atomic E-state index is 13.7. The van der Waals surface area contributed by atoms with E-state index in [1.54, 1.807) is 12.1 Å². The Morgan fingerprint density at radius 3 is 2.74 bits per heavy atom. The summed E-state index contributed by atoms with van der Waals surface area (Å²) in [5, 5.41) is 9.21. The van der Waals surface area contributed by atoms with Crippen molar-refractivity contribution in [3.8, 4) is 0 Å². The molecule has 2 unspecified atom stereocenters. The molecule has 0 saturated heterocycles. The number of nitrogens with one attached hydrogen (secondary N) is 1. The van der Waals surface area contributed by atoms with Crippen LogP contribution in [0.5, 0.6) is 0 Å². The van der Waals surface area contributed by atoms with Gasteiger partial charge in [0.25, 0.3) is 5.92 Å². The highest BCUT2D eigenvalue weighted by molar-refractivity contribution is 7.93. The summed E-state index contributed by atoms with van der Waals surface area (Å²) in [6.45, 7) is 0.520. The molecule has 1 aliphatic carbocycles. The number of allylic oxidation sites excluding steroid dienone is 1. The zero-order chi connectivity index (χ0) is 19.8. The van der Waals surface area contributed by atoms with Gasteiger partial charge in [0.15, 0.2) is 6.10 Å². The molecule has 0 amide bonds. The predicted molar refractivity (Wildman–Crippen MR) is 90.3 cm³/mol. The first-order valence-electron chi connectivity index (χ1n) is 8.00. The molecule has 10 heteroatoms. The van der Waals surface area contributed by atoms with Crippen molar-refractivity contribution in [2.24, 2.45) is 0 Å². The molecule has 2 N–H and O–H groups in total. The second-order valence-corrected chi connectivity index (χ2v) is 8.02. The summed E-state index contributed by atoms with van der Waals surface area (Å²) in [7, 11) is -3.90. The monoisotopic (exact) mass is 401 g/mol. The number of fused-ring (bicyclic) bond motifs is 1. The smallest absolute Gasteiger partial charge is 0.334 e. The molecule has 0 bridgehead atoms. The molecule has 0 saturated carbocycles. The summed E-state index contributed by atoms with van der Waals surface area (Å²) in [6, 6.07) is 3.22. The first-order chi connectivity index (χ1) is 12.6. The molecule has 0 fully saturated rings. The third kappa shape index (κ3) is 4.18. The second kappa shape index (κ2) is 7.02. The number of ether oxygens (including phenoxy) is 1. The van der Waals surface area contributed by atoms with Gasteiger partial charge in [-0.05, 0) is 36.3 Å². The van der Waals surface area contributed by atoms with Gasteiger partial charge in [0, 0.05) is 6.92 Å². The molecule has 2 atom stereocenters. The molecule has 2 aliphatic rings. The average Bonchev–Trinajstić information content (AvgIpc) is 3.11. The Labute approximate surface area is 154 Å². The fourth-order valence-corrected chi connectivity index (χ4v) is 3.96. The lowest BCUT2D eigenvalue weighted by molar-refractivity contribution is -0.149. The molecule has 3 rings (SSSR count). The molecule has 0 aromatic carbocycles. The van der Waals surface area contributed by atoms with Gasteiger partial charge in [0.05, 0.1) is 29.4 Å². The Kier molecular flexibility index (Phi) is 5.06. The fourth-order valence-electron chi connectivity index (χ4n) is 2.85. The third-order valence-corrected chi connectivity index (χ3v) is 5.58. The highest BCUT2D eigenvalue weighted by Gasteiger charge is 2.45. The Morgan fingerprint density at radius 1 is 1.41 bits per heavy atom. The predicted octanol–water partition coefficient (Wildman–Crippen LogP) is 2.35. The number of sulfonamides is 1. The molecular weight excluding hydrogens is 384 g/mol. The van der Waals surface area contributed by atoms with E-state index in [2.05, 4.69) is 4.72 Å². The van der Waals surface area contributed by atoms with E-state index in [0.717, 1.165) is 6.08 Å². The van der Waals surface area contributed by atoms with Crippen LogP contribution in [0.15, 0.2) is 57.1 Å². The van der Waals surface area contributed by atoms with Crippen molar-refractivity contribution in [3.63, 3.8) is 0 Å². The number of hydrogen-bond donors (Lipinski definition) is 2. The Bertz CT molecular complexity index is 925. The molecule has 0 radical (unpaired) electrons. The Morgan fingerprint density at radius 2 is 2.15 bits per heavy atom. The van der Waals surface area contributed by atoms with Crippen LogP contribution in [-0.2, 0) is 26.1 Å². The molecule has 27 heavy (non-hydrogen) atoms. The van der Waals surface area contributed by atoms with E-state index in [0.29, 0.717) is 12.7 Å². The van der Waals surface area contributed by atoms with Crippen LogP contribution in [0.1, 0.15) is 19.1 Å². The van der Waals surface area contributed by atoms with Crippen molar-refractivity contribution in [1.82, 2.24) is 4.72 Å². The largest absolute Gasteiger partial charge is 0.478 e. The fraction of sp³-hybridized carbons (Fsp3) is 0.353. The van der Waals surface area contributed by atoms with Crippen LogP contribution in [0, 0.1) is 0 Å². The van der Waals surface area contributed by atoms with Crippen LogP contribution < -0.4 is 4.72 Å². The van der Waals surface area contributed by atoms with Gasteiger partial charge in [-0.1, -0.05) is 6.08 Å². The van der Waals surface area contributed by atoms with Gasteiger partial charge in [-0.15, -0.1) is 0 Å². The number of carboxylic acid groups (broad SMARTS) is 1. The number of alkyl halides is 2. The van der Waals surface area contributed by atoms with Crippen molar-refractivity contribution in [2.75, 3.05) is 0 Å². The summed E-state index contributed by atoms with van der Waals surface area (Å²) in [5.41, 5.74) is -0.402. The van der Waals surface area contributed by atoms with E-state index in [1.807, 2.05) is 0 Å². The molecule has 7 nitrogen and oxygen atoms in total. The zero-order valence-electron chi connectivity index (χ0n) is 14.2. The second-order valence-electron chi connectivity index (χ2n) is 6.26. The molecule has 1 aliphatic heterocycles. The van der Waals surface area contributed by atoms with E-state index in [-0.39, 0.29) is 23.4 Å². The third-order valence-electron chi connectivity index (χ3n) is 4.15. The quantitative estimate of drug-likeness (QED) is 0.758. The minimum absolute atomic E-state index is 0.0266. The van der Waals surface area contributed by atoms with E-state index in [4.69, 9.17) is 9.15 Å². The number of hydrogen-bond acceptors (Lipinski definition) is 5. The normalized spacial score (nSPS) is 23.1. The lowest BCUT2D eigenvalue weighted by Gasteiger charge is -2.35. The molecule has 1 aromatic heterocycles. The van der Waals surface area contributed by atoms with E-state index >= 15 is 0 Å². The molecule has 146 valence electrons. The Balaban J connectivity index is 1.86. The standard InChI is InChI=1S/C17H17F2NO6S/c1-17(18,19)15-13(16(21)22)8-10-7-12(4-5-14(10)26-15)27(23,24)20-9-11-3-2-6-25-11/h2-4,6-8,14-15,20H,5,9H2,1H3,(H,21,22). The van der Waals surface area contributed by atoms with Crippen molar-refractivity contribution in [1.29, 1.82) is 0 Å². The van der Waals surface area contributed by atoms with Crippen LogP contribution >= 0.6 is 0 Å². The number of rotatable bonds is 6. The average molecular weight is 401 g/mol. The highest BCUT2D eigenvalue weighted by atomic mass is 32.2. The van der Waals surface area contributed by atoms with Crippen LogP contribution in [0.4, 0.5) is 8.78 Å². The lowest BCUT2D eigenvalue weighted by atomic mass is 9.91. The Hall–Kier alpha value is -2.30.